The number of aryl methyl sites for hydroxylation is 1. The zero-order chi connectivity index (χ0) is 23.6. The van der Waals surface area contributed by atoms with Crippen LogP contribution in [0.5, 0.6) is 0 Å². The van der Waals surface area contributed by atoms with Crippen molar-refractivity contribution in [2.24, 2.45) is 5.92 Å². The second-order valence-electron chi connectivity index (χ2n) is 8.87. The van der Waals surface area contributed by atoms with Crippen LogP contribution in [0.4, 0.5) is 0 Å². The topological polar surface area (TPSA) is 80.2 Å². The molecule has 1 fully saturated rings. The third-order valence-electron chi connectivity index (χ3n) is 6.70. The molecule has 6 nitrogen and oxygen atoms in total. The fourth-order valence-electron chi connectivity index (χ4n) is 4.69. The zero-order valence-electron chi connectivity index (χ0n) is 19.3. The first-order valence-corrected chi connectivity index (χ1v) is 12.6. The molecule has 1 N–H and O–H groups in total. The number of pyridine rings is 1. The van der Waals surface area contributed by atoms with E-state index in [0.717, 1.165) is 11.1 Å². The van der Waals surface area contributed by atoms with Crippen molar-refractivity contribution in [3.05, 3.63) is 100 Å². The molecule has 0 aliphatic heterocycles. The monoisotopic (exact) mass is 476 g/mol. The lowest BCUT2D eigenvalue weighted by atomic mass is 9.72. The van der Waals surface area contributed by atoms with Crippen molar-refractivity contribution in [2.45, 2.75) is 26.2 Å². The molecule has 0 saturated heterocycles. The molecule has 3 heterocycles. The van der Waals surface area contributed by atoms with Gasteiger partial charge in [0, 0.05) is 12.4 Å². The average Bonchev–Trinajstić information content (AvgIpc) is 3.54. The summed E-state index contributed by atoms with van der Waals surface area (Å²) in [5.41, 5.74) is 11.7. The van der Waals surface area contributed by atoms with Gasteiger partial charge >= 0.3 is 0 Å². The number of tetrazole rings is 1. The van der Waals surface area contributed by atoms with E-state index >= 15 is 0 Å². The molecule has 0 bridgehead atoms. The molecular formula is C28H24N6S. The number of nitrogens with zero attached hydrogens (tertiary/aromatic N) is 5. The van der Waals surface area contributed by atoms with E-state index in [-0.39, 0.29) is 0 Å². The van der Waals surface area contributed by atoms with Crippen molar-refractivity contribution < 1.29 is 0 Å². The number of hydrogen-bond acceptors (Lipinski definition) is 6. The van der Waals surface area contributed by atoms with Gasteiger partial charge in [0.15, 0.2) is 5.82 Å². The Morgan fingerprint density at radius 3 is 2.63 bits per heavy atom. The number of fused-ring (bicyclic) bond motifs is 1. The van der Waals surface area contributed by atoms with Gasteiger partial charge < -0.3 is 0 Å². The predicted molar refractivity (Wildman–Crippen MR) is 141 cm³/mol. The molecule has 1 aliphatic carbocycles. The average molecular weight is 477 g/mol. The summed E-state index contributed by atoms with van der Waals surface area (Å²) >= 11 is 1.68. The summed E-state index contributed by atoms with van der Waals surface area (Å²) in [6.07, 6.45) is 11.4. The molecule has 0 radical (unpaired) electrons. The van der Waals surface area contributed by atoms with Crippen LogP contribution >= 0.6 is 11.3 Å². The van der Waals surface area contributed by atoms with Crippen molar-refractivity contribution >= 4 is 44.9 Å². The van der Waals surface area contributed by atoms with Crippen molar-refractivity contribution in [2.75, 3.05) is 0 Å². The first-order chi connectivity index (χ1) is 17.3. The van der Waals surface area contributed by atoms with E-state index in [9.17, 15) is 0 Å². The van der Waals surface area contributed by atoms with Crippen LogP contribution in [-0.2, 0) is 0 Å². The summed E-state index contributed by atoms with van der Waals surface area (Å²) in [5.74, 6) is 1.10. The Morgan fingerprint density at radius 1 is 1.03 bits per heavy atom. The maximum absolute atomic E-state index is 4.60. The van der Waals surface area contributed by atoms with Crippen LogP contribution in [0, 0.1) is 12.8 Å². The summed E-state index contributed by atoms with van der Waals surface area (Å²) < 4.78 is 1.21. The van der Waals surface area contributed by atoms with E-state index in [0.29, 0.717) is 11.7 Å². The SMILES string of the molecule is Cc1cnccc1C(=C(c1ccc(C=Cc2nn[nH]n2)cc1)c1ccc2scnc2c1)C1CCC1. The van der Waals surface area contributed by atoms with Crippen LogP contribution in [0.2, 0.25) is 0 Å². The Kier molecular flexibility index (Phi) is 5.76. The van der Waals surface area contributed by atoms with E-state index in [1.165, 1.54) is 57.4 Å². The Morgan fingerprint density at radius 2 is 1.89 bits per heavy atom. The number of nitrogens with one attached hydrogen (secondary N) is 1. The molecule has 0 unspecified atom stereocenters. The lowest BCUT2D eigenvalue weighted by molar-refractivity contribution is 0.401. The van der Waals surface area contributed by atoms with Gasteiger partial charge in [0.05, 0.1) is 15.7 Å². The highest BCUT2D eigenvalue weighted by atomic mass is 32.1. The predicted octanol–water partition coefficient (Wildman–Crippen LogP) is 6.44. The Hall–Kier alpha value is -3.97. The highest BCUT2D eigenvalue weighted by Gasteiger charge is 2.28. The number of benzene rings is 2. The highest BCUT2D eigenvalue weighted by Crippen LogP contribution is 2.46. The summed E-state index contributed by atoms with van der Waals surface area (Å²) in [7, 11) is 0. The fourth-order valence-corrected chi connectivity index (χ4v) is 5.35. The molecule has 1 aliphatic rings. The molecule has 172 valence electrons. The molecule has 1 saturated carbocycles. The third-order valence-corrected chi connectivity index (χ3v) is 7.51. The van der Waals surface area contributed by atoms with E-state index in [2.05, 4.69) is 86.0 Å². The number of aromatic nitrogens is 6. The highest BCUT2D eigenvalue weighted by molar-refractivity contribution is 7.16. The van der Waals surface area contributed by atoms with Gasteiger partial charge in [-0.1, -0.05) is 42.8 Å². The van der Waals surface area contributed by atoms with Gasteiger partial charge in [-0.25, -0.2) is 4.98 Å². The largest absolute Gasteiger partial charge is 0.264 e. The lowest BCUT2D eigenvalue weighted by Gasteiger charge is -2.32. The molecule has 6 rings (SSSR count). The summed E-state index contributed by atoms with van der Waals surface area (Å²) in [6, 6.07) is 17.6. The van der Waals surface area contributed by atoms with Crippen LogP contribution in [0.1, 0.15) is 52.9 Å². The molecule has 35 heavy (non-hydrogen) atoms. The first kappa shape index (κ1) is 21.6. The fraction of sp³-hybridized carbons (Fsp3) is 0.179. The Balaban J connectivity index is 1.52. The van der Waals surface area contributed by atoms with Gasteiger partial charge in [-0.05, 0) is 94.1 Å². The van der Waals surface area contributed by atoms with Crippen molar-refractivity contribution in [3.8, 4) is 0 Å². The van der Waals surface area contributed by atoms with Crippen LogP contribution in [0.15, 0.2) is 66.4 Å². The number of rotatable bonds is 6. The number of hydrogen-bond donors (Lipinski definition) is 1. The molecule has 3 aromatic heterocycles. The first-order valence-electron chi connectivity index (χ1n) is 11.8. The van der Waals surface area contributed by atoms with Gasteiger partial charge in [-0.3, -0.25) is 4.98 Å². The molecule has 2 aromatic carbocycles. The number of H-pyrrole nitrogens is 1. The zero-order valence-corrected chi connectivity index (χ0v) is 20.2. The van der Waals surface area contributed by atoms with Crippen LogP contribution in [0.3, 0.4) is 0 Å². The minimum atomic E-state index is 0.537. The molecular weight excluding hydrogens is 452 g/mol. The van der Waals surface area contributed by atoms with E-state index < -0.39 is 0 Å². The van der Waals surface area contributed by atoms with Crippen LogP contribution in [0.25, 0.3) is 33.5 Å². The second-order valence-corrected chi connectivity index (χ2v) is 9.75. The smallest absolute Gasteiger partial charge is 0.197 e. The van der Waals surface area contributed by atoms with E-state index in [1.54, 1.807) is 11.3 Å². The number of aromatic amines is 1. The van der Waals surface area contributed by atoms with E-state index in [4.69, 9.17) is 0 Å². The normalized spacial score (nSPS) is 14.9. The minimum absolute atomic E-state index is 0.537. The number of thiazole rings is 1. The molecule has 0 atom stereocenters. The molecule has 0 amide bonds. The molecule has 7 heteroatoms. The Bertz CT molecular complexity index is 1530. The molecule has 5 aromatic rings. The molecule has 0 spiro atoms. The standard InChI is InChI=1S/C28H24N6S/c1-18-16-29-14-13-23(18)28(20-3-2-4-20)27(22-10-11-25-24(15-22)30-17-35-25)21-8-5-19(6-9-21)7-12-26-31-33-34-32-26/h5-17,20H,2-4H2,1H3,(H,31,32,33,34). The van der Waals surface area contributed by atoms with E-state index in [1.807, 2.05) is 30.1 Å². The lowest BCUT2D eigenvalue weighted by Crippen LogP contribution is -2.16. The van der Waals surface area contributed by atoms with Crippen LogP contribution in [-0.4, -0.2) is 30.6 Å². The third kappa shape index (κ3) is 4.31. The van der Waals surface area contributed by atoms with Crippen molar-refractivity contribution in [1.82, 2.24) is 30.6 Å². The second kappa shape index (κ2) is 9.35. The van der Waals surface area contributed by atoms with Crippen LogP contribution < -0.4 is 0 Å². The van der Waals surface area contributed by atoms with Crippen molar-refractivity contribution in [3.63, 3.8) is 0 Å². The maximum atomic E-state index is 4.60. The minimum Gasteiger partial charge on any atom is -0.264 e. The number of allylic oxidation sites excluding steroid dienone is 1. The maximum Gasteiger partial charge on any atom is 0.197 e. The summed E-state index contributed by atoms with van der Waals surface area (Å²) in [4.78, 5) is 8.97. The van der Waals surface area contributed by atoms with Gasteiger partial charge in [-0.2, -0.15) is 5.21 Å². The van der Waals surface area contributed by atoms with Gasteiger partial charge in [-0.15, -0.1) is 21.5 Å². The van der Waals surface area contributed by atoms with Crippen molar-refractivity contribution in [1.29, 1.82) is 0 Å². The van der Waals surface area contributed by atoms with Gasteiger partial charge in [0.25, 0.3) is 0 Å². The quantitative estimate of drug-likeness (QED) is 0.305. The van der Waals surface area contributed by atoms with Gasteiger partial charge in [0.1, 0.15) is 0 Å². The Labute approximate surface area is 207 Å². The summed E-state index contributed by atoms with van der Waals surface area (Å²) in [6.45, 7) is 2.16. The van der Waals surface area contributed by atoms with Gasteiger partial charge in [0.2, 0.25) is 0 Å². The summed E-state index contributed by atoms with van der Waals surface area (Å²) in [5, 5.41) is 14.1.